The monoisotopic (exact) mass is 422 g/mol. The number of nitrogens with zero attached hydrogens (tertiary/aromatic N) is 6. The number of hydrogen-bond donors (Lipinski definition) is 0. The Hall–Kier alpha value is -3.29. The molecular weight excluding hydrogens is 398 g/mol. The van der Waals surface area contributed by atoms with Gasteiger partial charge in [0.25, 0.3) is 0 Å². The summed E-state index contributed by atoms with van der Waals surface area (Å²) in [5, 5.41) is 8.91. The highest BCUT2D eigenvalue weighted by Crippen LogP contribution is 2.37. The lowest BCUT2D eigenvalue weighted by Gasteiger charge is -2.26. The van der Waals surface area contributed by atoms with Crippen LogP contribution < -0.4 is 4.90 Å². The van der Waals surface area contributed by atoms with E-state index < -0.39 is 11.6 Å². The molecule has 5 rings (SSSR count). The van der Waals surface area contributed by atoms with Gasteiger partial charge in [-0.1, -0.05) is 20.8 Å². The van der Waals surface area contributed by atoms with E-state index in [9.17, 15) is 8.78 Å². The Balaban J connectivity index is 1.55. The van der Waals surface area contributed by atoms with Crippen LogP contribution in [0.15, 0.2) is 49.1 Å². The minimum absolute atomic E-state index is 0.0163. The van der Waals surface area contributed by atoms with E-state index in [0.29, 0.717) is 17.0 Å². The Kier molecular flexibility index (Phi) is 4.53. The summed E-state index contributed by atoms with van der Waals surface area (Å²) in [5.41, 5.74) is 2.90. The van der Waals surface area contributed by atoms with Gasteiger partial charge in [0.2, 0.25) is 0 Å². The van der Waals surface area contributed by atoms with E-state index in [2.05, 4.69) is 31.0 Å². The van der Waals surface area contributed by atoms with E-state index in [4.69, 9.17) is 4.98 Å². The van der Waals surface area contributed by atoms with Crippen LogP contribution in [0.4, 0.5) is 14.6 Å². The number of anilines is 1. The average Bonchev–Trinajstić information content (AvgIpc) is 3.47. The summed E-state index contributed by atoms with van der Waals surface area (Å²) in [7, 11) is 0. The average molecular weight is 422 g/mol. The Labute approximate surface area is 179 Å². The molecule has 0 unspecified atom stereocenters. The molecule has 1 aliphatic heterocycles. The van der Waals surface area contributed by atoms with Gasteiger partial charge in [0.1, 0.15) is 23.1 Å². The van der Waals surface area contributed by atoms with E-state index >= 15 is 0 Å². The highest BCUT2D eigenvalue weighted by atomic mass is 19.1. The maximum Gasteiger partial charge on any atom is 0.183 e. The molecule has 0 amide bonds. The minimum atomic E-state index is -0.432. The lowest BCUT2D eigenvalue weighted by molar-refractivity contribution is 0.560. The Morgan fingerprint density at radius 1 is 1.06 bits per heavy atom. The number of fused-ring (bicyclic) bond motifs is 1. The molecule has 3 aromatic heterocycles. The van der Waals surface area contributed by atoms with Gasteiger partial charge in [-0.25, -0.2) is 23.0 Å². The van der Waals surface area contributed by atoms with Gasteiger partial charge in [0.05, 0.1) is 18.4 Å². The Morgan fingerprint density at radius 2 is 1.90 bits per heavy atom. The van der Waals surface area contributed by atoms with Crippen LogP contribution >= 0.6 is 0 Å². The Bertz CT molecular complexity index is 1250. The zero-order valence-corrected chi connectivity index (χ0v) is 17.8. The van der Waals surface area contributed by atoms with Crippen molar-refractivity contribution in [1.29, 1.82) is 0 Å². The molecule has 6 nitrogen and oxygen atoms in total. The zero-order valence-electron chi connectivity index (χ0n) is 17.8. The second-order valence-corrected chi connectivity index (χ2v) is 9.02. The van der Waals surface area contributed by atoms with E-state index in [0.717, 1.165) is 36.7 Å². The van der Waals surface area contributed by atoms with Crippen LogP contribution in [-0.2, 0) is 5.41 Å². The van der Waals surface area contributed by atoms with E-state index in [1.165, 1.54) is 12.1 Å². The second-order valence-electron chi connectivity index (χ2n) is 9.02. The summed E-state index contributed by atoms with van der Waals surface area (Å²) in [5.74, 6) is -0.114. The van der Waals surface area contributed by atoms with Gasteiger partial charge in [0.15, 0.2) is 5.65 Å². The van der Waals surface area contributed by atoms with Crippen molar-refractivity contribution < 1.29 is 8.78 Å². The highest BCUT2D eigenvalue weighted by Gasteiger charge is 2.30. The molecule has 1 aliphatic rings. The highest BCUT2D eigenvalue weighted by molar-refractivity contribution is 5.61. The first-order valence-electron chi connectivity index (χ1n) is 10.4. The Morgan fingerprint density at radius 3 is 2.68 bits per heavy atom. The summed E-state index contributed by atoms with van der Waals surface area (Å²) in [6, 6.07) is 5.24. The van der Waals surface area contributed by atoms with Gasteiger partial charge in [-0.15, -0.1) is 0 Å². The van der Waals surface area contributed by atoms with Gasteiger partial charge in [0, 0.05) is 24.5 Å². The SMILES string of the molecule is CC(C)(C)c1cnn(-c2cnn3ccc(N4CCC[C@H]4c4cc(F)ccc4F)nc23)c1. The van der Waals surface area contributed by atoms with Crippen molar-refractivity contribution in [3.63, 3.8) is 0 Å². The third kappa shape index (κ3) is 3.45. The second kappa shape index (κ2) is 7.14. The van der Waals surface area contributed by atoms with Crippen molar-refractivity contribution in [2.75, 3.05) is 11.4 Å². The lowest BCUT2D eigenvalue weighted by Crippen LogP contribution is -2.24. The normalized spacial score (nSPS) is 17.1. The quantitative estimate of drug-likeness (QED) is 0.474. The molecule has 0 N–H and O–H groups in total. The van der Waals surface area contributed by atoms with Crippen molar-refractivity contribution in [3.8, 4) is 5.69 Å². The number of benzene rings is 1. The van der Waals surface area contributed by atoms with Gasteiger partial charge in [-0.3, -0.25) is 0 Å². The fourth-order valence-electron chi connectivity index (χ4n) is 4.14. The van der Waals surface area contributed by atoms with Crippen LogP contribution in [0.1, 0.15) is 50.8 Å². The summed E-state index contributed by atoms with van der Waals surface area (Å²) < 4.78 is 31.7. The molecule has 0 aliphatic carbocycles. The van der Waals surface area contributed by atoms with E-state index in [1.807, 2.05) is 29.6 Å². The molecule has 160 valence electrons. The summed E-state index contributed by atoms with van der Waals surface area (Å²) in [4.78, 5) is 6.88. The molecule has 0 spiro atoms. The van der Waals surface area contributed by atoms with Gasteiger partial charge in [-0.2, -0.15) is 10.2 Å². The lowest BCUT2D eigenvalue weighted by atomic mass is 9.90. The van der Waals surface area contributed by atoms with Gasteiger partial charge < -0.3 is 4.90 Å². The molecule has 1 saturated heterocycles. The molecule has 8 heteroatoms. The standard InChI is InChI=1S/C23H24F2N6/c1-23(2,3)15-12-26-31(14-15)20-13-27-30-10-8-21(28-22(20)30)29-9-4-5-19(29)17-11-16(24)6-7-18(17)25/h6-8,10-14,19H,4-5,9H2,1-3H3/t19-/m0/s1. The molecule has 1 aromatic carbocycles. The predicted octanol–water partition coefficient (Wildman–Crippen LogP) is 4.83. The van der Waals surface area contributed by atoms with E-state index in [-0.39, 0.29) is 11.5 Å². The third-order valence-electron chi connectivity index (χ3n) is 5.90. The topological polar surface area (TPSA) is 51.3 Å². The molecule has 0 saturated carbocycles. The molecule has 1 atom stereocenters. The first kappa shape index (κ1) is 19.7. The summed E-state index contributed by atoms with van der Waals surface area (Å²) in [6.45, 7) is 7.14. The molecular formula is C23H24F2N6. The van der Waals surface area contributed by atoms with Crippen LogP contribution in [0.25, 0.3) is 11.3 Å². The number of halogens is 2. The number of hydrogen-bond acceptors (Lipinski definition) is 4. The fraction of sp³-hybridized carbons (Fsp3) is 0.348. The van der Waals surface area contributed by atoms with Crippen molar-refractivity contribution in [2.24, 2.45) is 0 Å². The molecule has 4 heterocycles. The number of aromatic nitrogens is 5. The van der Waals surface area contributed by atoms with Crippen molar-refractivity contribution >= 4 is 11.5 Å². The summed E-state index contributed by atoms with van der Waals surface area (Å²) in [6.07, 6.45) is 9.05. The van der Waals surface area contributed by atoms with Crippen LogP contribution in [0, 0.1) is 11.6 Å². The van der Waals surface area contributed by atoms with Crippen LogP contribution in [0.2, 0.25) is 0 Å². The van der Waals surface area contributed by atoms with Crippen molar-refractivity contribution in [2.45, 2.75) is 45.1 Å². The first-order chi connectivity index (χ1) is 14.8. The maximum atomic E-state index is 14.5. The van der Waals surface area contributed by atoms with Crippen LogP contribution in [0.3, 0.4) is 0 Å². The van der Waals surface area contributed by atoms with Gasteiger partial charge >= 0.3 is 0 Å². The van der Waals surface area contributed by atoms with Crippen molar-refractivity contribution in [3.05, 3.63) is 71.8 Å². The maximum absolute atomic E-state index is 14.5. The summed E-state index contributed by atoms with van der Waals surface area (Å²) >= 11 is 0. The molecule has 1 fully saturated rings. The number of rotatable bonds is 3. The van der Waals surface area contributed by atoms with Gasteiger partial charge in [-0.05, 0) is 48.1 Å². The molecule has 4 aromatic rings. The third-order valence-corrected chi connectivity index (χ3v) is 5.90. The van der Waals surface area contributed by atoms with Crippen LogP contribution in [0.5, 0.6) is 0 Å². The molecule has 31 heavy (non-hydrogen) atoms. The van der Waals surface area contributed by atoms with Crippen LogP contribution in [-0.4, -0.2) is 30.9 Å². The molecule has 0 bridgehead atoms. The first-order valence-corrected chi connectivity index (χ1v) is 10.4. The fourth-order valence-corrected chi connectivity index (χ4v) is 4.14. The molecule has 0 radical (unpaired) electrons. The zero-order chi connectivity index (χ0) is 21.8. The predicted molar refractivity (Wildman–Crippen MR) is 114 cm³/mol. The smallest absolute Gasteiger partial charge is 0.183 e. The van der Waals surface area contributed by atoms with E-state index in [1.54, 1.807) is 15.4 Å². The minimum Gasteiger partial charge on any atom is -0.349 e. The largest absolute Gasteiger partial charge is 0.349 e. The van der Waals surface area contributed by atoms with Crippen molar-refractivity contribution in [1.82, 2.24) is 24.4 Å².